The lowest BCUT2D eigenvalue weighted by atomic mass is 10.0. The molecular weight excluding hydrogens is 914 g/mol. The van der Waals surface area contributed by atoms with Crippen LogP contribution in [-0.4, -0.2) is 125 Å². The minimum Gasteiger partial charge on any atom is -0.492 e. The number of carbonyl (C=O) groups is 10. The summed E-state index contributed by atoms with van der Waals surface area (Å²) >= 11 is 8.12. The van der Waals surface area contributed by atoms with Crippen LogP contribution in [0.4, 0.5) is 11.4 Å². The zero-order valence-corrected chi connectivity index (χ0v) is 39.3. The Labute approximate surface area is 403 Å². The minimum atomic E-state index is -1.13. The fraction of sp³-hybridized carbons (Fsp3) is 0.440. The highest BCUT2D eigenvalue weighted by Gasteiger charge is 2.46. The monoisotopic (exact) mass is 967 g/mol. The number of piperidine rings is 1. The Bertz CT molecular complexity index is 2510. The molecule has 7 rings (SSSR count). The number of nitrogens with zero attached hydrogens (tertiary/aromatic N) is 4. The smallest absolute Gasteiger partial charge is 0.266 e. The van der Waals surface area contributed by atoms with Crippen LogP contribution in [0.2, 0.25) is 5.02 Å². The molecule has 4 aliphatic rings. The van der Waals surface area contributed by atoms with Crippen molar-refractivity contribution in [2.45, 2.75) is 106 Å². The van der Waals surface area contributed by atoms with E-state index in [-0.39, 0.29) is 142 Å². The maximum absolute atomic E-state index is 13.2. The predicted molar refractivity (Wildman–Crippen MR) is 251 cm³/mol. The molecule has 0 radical (unpaired) electrons. The normalized spacial score (nSPS) is 16.8. The molecule has 1 unspecified atom stereocenters. The number of fused-ring (bicyclic) bond motifs is 3. The van der Waals surface area contributed by atoms with Crippen molar-refractivity contribution in [3.63, 3.8) is 0 Å². The molecule has 2 fully saturated rings. The van der Waals surface area contributed by atoms with Gasteiger partial charge in [-0.25, -0.2) is 0 Å². The molecule has 16 nitrogen and oxygen atoms in total. The van der Waals surface area contributed by atoms with E-state index in [1.807, 2.05) is 24.3 Å². The first kappa shape index (κ1) is 49.9. The second kappa shape index (κ2) is 23.3. The van der Waals surface area contributed by atoms with Gasteiger partial charge in [-0.3, -0.25) is 63.1 Å². The molecule has 3 aromatic carbocycles. The number of nitrogens with one attached hydrogen (secondary N) is 1. The van der Waals surface area contributed by atoms with Gasteiger partial charge in [0.2, 0.25) is 17.7 Å². The average molecular weight is 969 g/mol. The molecule has 2 saturated heterocycles. The Morgan fingerprint density at radius 2 is 1.25 bits per heavy atom. The third-order valence-corrected chi connectivity index (χ3v) is 14.0. The van der Waals surface area contributed by atoms with Crippen molar-refractivity contribution in [1.82, 2.24) is 20.0 Å². The maximum Gasteiger partial charge on any atom is 0.266 e. The van der Waals surface area contributed by atoms with E-state index in [4.69, 9.17) is 16.3 Å². The van der Waals surface area contributed by atoms with Crippen molar-refractivity contribution in [2.75, 3.05) is 50.8 Å². The zero-order chi connectivity index (χ0) is 48.3. The molecule has 1 N–H and O–H groups in total. The SMILES string of the molecule is O=C(CCOc1cccc2c1C(=O)N(C1CCC(=O)NC1=O)C2=O)CCC(=O)CCC(=O)CCC(=O)CCC(=O)CCC(=O)N1CCN(CCCN2c3ccccc3Sc3ccc(Cl)cc32)CC1. The van der Waals surface area contributed by atoms with Gasteiger partial charge in [0.1, 0.15) is 40.7 Å². The van der Waals surface area contributed by atoms with Gasteiger partial charge in [0.15, 0.2) is 0 Å². The number of piperazine rings is 1. The first-order chi connectivity index (χ1) is 32.7. The summed E-state index contributed by atoms with van der Waals surface area (Å²) in [5.41, 5.74) is 2.30. The van der Waals surface area contributed by atoms with Crippen LogP contribution in [0.15, 0.2) is 70.5 Å². The highest BCUT2D eigenvalue weighted by Crippen LogP contribution is 2.48. The topological polar surface area (TPSA) is 205 Å². The Kier molecular flexibility index (Phi) is 17.1. The van der Waals surface area contributed by atoms with Crippen molar-refractivity contribution in [1.29, 1.82) is 0 Å². The number of hydrogen-bond acceptors (Lipinski definition) is 14. The van der Waals surface area contributed by atoms with E-state index in [2.05, 4.69) is 33.3 Å². The number of halogens is 1. The summed E-state index contributed by atoms with van der Waals surface area (Å²) in [6.45, 7) is 4.25. The first-order valence-corrected chi connectivity index (χ1v) is 24.3. The fourth-order valence-corrected chi connectivity index (χ4v) is 9.98. The quantitative estimate of drug-likeness (QED) is 0.101. The van der Waals surface area contributed by atoms with Gasteiger partial charge >= 0.3 is 0 Å². The summed E-state index contributed by atoms with van der Waals surface area (Å²) in [6, 6.07) is 17.7. The molecule has 358 valence electrons. The molecule has 1 atom stereocenters. The number of ketones is 5. The maximum atomic E-state index is 13.2. The van der Waals surface area contributed by atoms with E-state index in [1.165, 1.54) is 33.7 Å². The van der Waals surface area contributed by atoms with Crippen molar-refractivity contribution >= 4 is 93.2 Å². The third kappa shape index (κ3) is 12.7. The van der Waals surface area contributed by atoms with E-state index >= 15 is 0 Å². The van der Waals surface area contributed by atoms with Gasteiger partial charge in [-0.05, 0) is 61.9 Å². The summed E-state index contributed by atoms with van der Waals surface area (Å²) in [7, 11) is 0. The molecule has 3 aromatic rings. The van der Waals surface area contributed by atoms with E-state index in [0.717, 1.165) is 43.2 Å². The second-order valence-corrected chi connectivity index (χ2v) is 18.8. The van der Waals surface area contributed by atoms with E-state index in [9.17, 15) is 47.9 Å². The van der Waals surface area contributed by atoms with E-state index in [1.54, 1.807) is 16.7 Å². The number of imide groups is 2. The number of hydrogen-bond donors (Lipinski definition) is 1. The molecule has 18 heteroatoms. The molecule has 0 bridgehead atoms. The van der Waals surface area contributed by atoms with Crippen LogP contribution in [0.3, 0.4) is 0 Å². The van der Waals surface area contributed by atoms with Crippen LogP contribution in [0, 0.1) is 0 Å². The van der Waals surface area contributed by atoms with Crippen molar-refractivity contribution in [3.8, 4) is 5.75 Å². The molecular formula is C50H54ClN5O11S. The van der Waals surface area contributed by atoms with Gasteiger partial charge in [0.25, 0.3) is 11.8 Å². The average Bonchev–Trinajstić information content (AvgIpc) is 3.59. The highest BCUT2D eigenvalue weighted by molar-refractivity contribution is 7.99. The van der Waals surface area contributed by atoms with Crippen molar-refractivity contribution < 1.29 is 52.7 Å². The Morgan fingerprint density at radius 3 is 1.90 bits per heavy atom. The number of ether oxygens (including phenoxy) is 1. The van der Waals surface area contributed by atoms with Crippen LogP contribution in [0.25, 0.3) is 0 Å². The summed E-state index contributed by atoms with van der Waals surface area (Å²) in [6.07, 6.45) is 0.532. The lowest BCUT2D eigenvalue weighted by molar-refractivity contribution is -0.136. The van der Waals surface area contributed by atoms with Gasteiger partial charge < -0.3 is 14.5 Å². The summed E-state index contributed by atoms with van der Waals surface area (Å²) in [5, 5.41) is 2.85. The molecule has 4 heterocycles. The number of rotatable bonds is 24. The van der Waals surface area contributed by atoms with Crippen LogP contribution in [-0.2, 0) is 38.4 Å². The Balaban J connectivity index is 0.708. The van der Waals surface area contributed by atoms with Gasteiger partial charge in [0.05, 0.1) is 29.1 Å². The van der Waals surface area contributed by atoms with E-state index in [0.29, 0.717) is 18.1 Å². The van der Waals surface area contributed by atoms with E-state index < -0.39 is 29.7 Å². The number of benzene rings is 3. The molecule has 68 heavy (non-hydrogen) atoms. The lowest BCUT2D eigenvalue weighted by Gasteiger charge is -2.36. The van der Waals surface area contributed by atoms with Crippen LogP contribution >= 0.6 is 23.4 Å². The van der Waals surface area contributed by atoms with Crippen LogP contribution < -0.4 is 15.0 Å². The predicted octanol–water partition coefficient (Wildman–Crippen LogP) is 6.09. The Morgan fingerprint density at radius 1 is 0.647 bits per heavy atom. The number of amides is 5. The zero-order valence-electron chi connectivity index (χ0n) is 37.8. The number of anilines is 2. The molecule has 5 amide bonds. The first-order valence-electron chi connectivity index (χ1n) is 23.2. The van der Waals surface area contributed by atoms with Gasteiger partial charge in [-0.15, -0.1) is 0 Å². The van der Waals surface area contributed by atoms with Gasteiger partial charge in [-0.2, -0.15) is 0 Å². The second-order valence-electron chi connectivity index (χ2n) is 17.3. The molecule has 0 aromatic heterocycles. The summed E-state index contributed by atoms with van der Waals surface area (Å²) in [5.74, 6) is -3.91. The Hall–Kier alpha value is -6.04. The largest absolute Gasteiger partial charge is 0.492 e. The minimum absolute atomic E-state index is 0.00297. The van der Waals surface area contributed by atoms with Crippen molar-refractivity contribution in [3.05, 3.63) is 76.8 Å². The van der Waals surface area contributed by atoms with Crippen LogP contribution in [0.1, 0.15) is 111 Å². The molecule has 4 aliphatic heterocycles. The van der Waals surface area contributed by atoms with Gasteiger partial charge in [0, 0.05) is 125 Å². The lowest BCUT2D eigenvalue weighted by Crippen LogP contribution is -2.54. The molecule has 0 saturated carbocycles. The standard InChI is InChI=1S/C50H54ClN5O11S/c51-32-9-20-44-41(31-32)55(39-6-1-2-8-43(39)68-44)25-4-24-53-26-28-54(29-27-53)46(63)22-18-36(60)15-14-34(58)11-10-33(57)12-13-35(59)16-17-37(61)23-30-67-42-7-3-5-38-47(42)50(66)56(49(38)65)40-19-21-45(62)52-48(40)64/h1-3,5-9,20,31,40H,4,10-19,21-30H2,(H,52,62,64). The van der Waals surface area contributed by atoms with Gasteiger partial charge in [-0.1, -0.05) is 41.6 Å². The number of Topliss-reactive ketones (excluding diaryl/α,β-unsaturated/α-hetero) is 5. The molecule has 0 aliphatic carbocycles. The number of para-hydroxylation sites is 1. The molecule has 0 spiro atoms. The number of carbonyl (C=O) groups excluding carboxylic acids is 10. The summed E-state index contributed by atoms with van der Waals surface area (Å²) < 4.78 is 5.69. The van der Waals surface area contributed by atoms with Crippen LogP contribution in [0.5, 0.6) is 5.75 Å². The summed E-state index contributed by atoms with van der Waals surface area (Å²) in [4.78, 5) is 135. The third-order valence-electron chi connectivity index (χ3n) is 12.6. The van der Waals surface area contributed by atoms with Crippen molar-refractivity contribution in [2.24, 2.45) is 0 Å². The highest BCUT2D eigenvalue weighted by atomic mass is 35.5. The fourth-order valence-electron chi connectivity index (χ4n) is 8.74.